The molecule has 1 unspecified atom stereocenters. The number of rotatable bonds is 6. The Morgan fingerprint density at radius 3 is 2.26 bits per heavy atom. The van der Waals surface area contributed by atoms with Crippen molar-refractivity contribution in [2.24, 2.45) is 0 Å². The first-order chi connectivity index (χ1) is 8.89. The van der Waals surface area contributed by atoms with Crippen molar-refractivity contribution in [2.75, 3.05) is 13.1 Å². The highest BCUT2D eigenvalue weighted by molar-refractivity contribution is 5.83. The van der Waals surface area contributed by atoms with Crippen LogP contribution in [0.15, 0.2) is 30.3 Å². The molecule has 0 heterocycles. The normalized spacial score (nSPS) is 13.1. The van der Waals surface area contributed by atoms with E-state index in [4.69, 9.17) is 0 Å². The summed E-state index contributed by atoms with van der Waals surface area (Å²) in [5.41, 5.74) is 0.185. The smallest absolute Gasteiger partial charge is 0.230 e. The van der Waals surface area contributed by atoms with E-state index in [1.54, 1.807) is 18.7 Å². The molecule has 1 amide bonds. The molecule has 0 spiro atoms. The van der Waals surface area contributed by atoms with Gasteiger partial charge in [0.2, 0.25) is 5.91 Å². The highest BCUT2D eigenvalue weighted by atomic mass is 16.3. The van der Waals surface area contributed by atoms with Crippen LogP contribution in [-0.2, 0) is 4.79 Å². The Bertz CT molecular complexity index is 395. The van der Waals surface area contributed by atoms with Gasteiger partial charge in [-0.15, -0.1) is 0 Å². The lowest BCUT2D eigenvalue weighted by molar-refractivity contribution is -0.135. The molecule has 0 aliphatic rings. The van der Waals surface area contributed by atoms with E-state index in [2.05, 4.69) is 0 Å². The summed E-state index contributed by atoms with van der Waals surface area (Å²) in [7, 11) is 0. The molecule has 1 aromatic rings. The topological polar surface area (TPSA) is 40.5 Å². The van der Waals surface area contributed by atoms with E-state index in [-0.39, 0.29) is 11.8 Å². The quantitative estimate of drug-likeness (QED) is 0.857. The van der Waals surface area contributed by atoms with Gasteiger partial charge in [-0.25, -0.2) is 0 Å². The van der Waals surface area contributed by atoms with Crippen LogP contribution in [0.3, 0.4) is 0 Å². The highest BCUT2D eigenvalue weighted by Crippen LogP contribution is 2.22. The number of likely N-dealkylation sites (N-methyl/N-ethyl adjacent to an activating group) is 1. The Hall–Kier alpha value is -1.35. The molecule has 0 aliphatic heterocycles. The van der Waals surface area contributed by atoms with Gasteiger partial charge in [0.15, 0.2) is 0 Å². The van der Waals surface area contributed by atoms with Crippen LogP contribution in [0, 0.1) is 0 Å². The zero-order valence-electron chi connectivity index (χ0n) is 12.4. The fourth-order valence-corrected chi connectivity index (χ4v) is 2.27. The van der Waals surface area contributed by atoms with Gasteiger partial charge in [-0.05, 0) is 32.8 Å². The standard InChI is InChI=1S/C16H25NO2/c1-5-14(13-10-8-7-9-11-13)15(18)17(6-2)12-16(3,4)19/h7-11,14,19H,5-6,12H2,1-4H3. The number of nitrogens with zero attached hydrogens (tertiary/aromatic N) is 1. The minimum absolute atomic E-state index is 0.0957. The van der Waals surface area contributed by atoms with Crippen molar-refractivity contribution in [1.29, 1.82) is 0 Å². The van der Waals surface area contributed by atoms with Crippen LogP contribution in [0.2, 0.25) is 0 Å². The Morgan fingerprint density at radius 1 is 1.26 bits per heavy atom. The van der Waals surface area contributed by atoms with Crippen molar-refractivity contribution in [3.8, 4) is 0 Å². The largest absolute Gasteiger partial charge is 0.389 e. The summed E-state index contributed by atoms with van der Waals surface area (Å²) in [4.78, 5) is 14.3. The summed E-state index contributed by atoms with van der Waals surface area (Å²) in [6.45, 7) is 8.41. The van der Waals surface area contributed by atoms with Gasteiger partial charge in [-0.3, -0.25) is 4.79 Å². The van der Waals surface area contributed by atoms with Crippen LogP contribution >= 0.6 is 0 Å². The predicted molar refractivity (Wildman–Crippen MR) is 78.0 cm³/mol. The lowest BCUT2D eigenvalue weighted by atomic mass is 9.94. The van der Waals surface area contributed by atoms with Gasteiger partial charge in [-0.2, -0.15) is 0 Å². The fraction of sp³-hybridized carbons (Fsp3) is 0.562. The molecule has 0 radical (unpaired) electrons. The van der Waals surface area contributed by atoms with Crippen molar-refractivity contribution in [2.45, 2.75) is 45.6 Å². The molecule has 106 valence electrons. The SMILES string of the molecule is CCC(C(=O)N(CC)CC(C)(C)O)c1ccccc1. The van der Waals surface area contributed by atoms with Crippen molar-refractivity contribution < 1.29 is 9.90 Å². The number of amides is 1. The summed E-state index contributed by atoms with van der Waals surface area (Å²) in [5, 5.41) is 9.90. The lowest BCUT2D eigenvalue weighted by Crippen LogP contribution is -2.44. The van der Waals surface area contributed by atoms with E-state index in [0.29, 0.717) is 13.1 Å². The number of hydrogen-bond acceptors (Lipinski definition) is 2. The van der Waals surface area contributed by atoms with Crippen LogP contribution in [0.25, 0.3) is 0 Å². The Labute approximate surface area is 116 Å². The molecule has 1 rings (SSSR count). The first kappa shape index (κ1) is 15.7. The van der Waals surface area contributed by atoms with Crippen LogP contribution in [-0.4, -0.2) is 34.6 Å². The average molecular weight is 263 g/mol. The summed E-state index contributed by atoms with van der Waals surface area (Å²) in [6.07, 6.45) is 0.769. The lowest BCUT2D eigenvalue weighted by Gasteiger charge is -2.31. The van der Waals surface area contributed by atoms with Gasteiger partial charge in [0.1, 0.15) is 0 Å². The van der Waals surface area contributed by atoms with Crippen LogP contribution in [0.4, 0.5) is 0 Å². The van der Waals surface area contributed by atoms with Gasteiger partial charge < -0.3 is 10.0 Å². The zero-order chi connectivity index (χ0) is 14.5. The molecule has 1 N–H and O–H groups in total. The van der Waals surface area contributed by atoms with Crippen molar-refractivity contribution >= 4 is 5.91 Å². The molecular formula is C16H25NO2. The van der Waals surface area contributed by atoms with Gasteiger partial charge in [0, 0.05) is 13.1 Å². The number of carbonyl (C=O) groups excluding carboxylic acids is 1. The van der Waals surface area contributed by atoms with Gasteiger partial charge in [0.25, 0.3) is 0 Å². The minimum atomic E-state index is -0.860. The summed E-state index contributed by atoms with van der Waals surface area (Å²) in [6, 6.07) is 9.85. The van der Waals surface area contributed by atoms with Crippen molar-refractivity contribution in [1.82, 2.24) is 4.90 Å². The van der Waals surface area contributed by atoms with E-state index >= 15 is 0 Å². The first-order valence-corrected chi connectivity index (χ1v) is 6.95. The maximum Gasteiger partial charge on any atom is 0.230 e. The van der Waals surface area contributed by atoms with Gasteiger partial charge >= 0.3 is 0 Å². The second kappa shape index (κ2) is 6.71. The number of benzene rings is 1. The Morgan fingerprint density at radius 2 is 1.84 bits per heavy atom. The molecule has 1 atom stereocenters. The van der Waals surface area contributed by atoms with Crippen molar-refractivity contribution in [3.63, 3.8) is 0 Å². The molecule has 19 heavy (non-hydrogen) atoms. The third-order valence-corrected chi connectivity index (χ3v) is 3.18. The molecule has 0 aliphatic carbocycles. The fourth-order valence-electron chi connectivity index (χ4n) is 2.27. The van der Waals surface area contributed by atoms with E-state index in [0.717, 1.165) is 12.0 Å². The number of hydrogen-bond donors (Lipinski definition) is 1. The van der Waals surface area contributed by atoms with Crippen LogP contribution < -0.4 is 0 Å². The van der Waals surface area contributed by atoms with E-state index in [9.17, 15) is 9.90 Å². The highest BCUT2D eigenvalue weighted by Gasteiger charge is 2.27. The second-order valence-corrected chi connectivity index (χ2v) is 5.54. The monoisotopic (exact) mass is 263 g/mol. The molecule has 0 aromatic heterocycles. The summed E-state index contributed by atoms with van der Waals surface area (Å²) in [5.74, 6) is -0.0261. The maximum atomic E-state index is 12.6. The number of carbonyl (C=O) groups is 1. The Balaban J connectivity index is 2.88. The van der Waals surface area contributed by atoms with Gasteiger partial charge in [0.05, 0.1) is 11.5 Å². The van der Waals surface area contributed by atoms with E-state index < -0.39 is 5.60 Å². The molecule has 1 aromatic carbocycles. The molecule has 0 saturated heterocycles. The van der Waals surface area contributed by atoms with E-state index in [1.165, 1.54) is 0 Å². The minimum Gasteiger partial charge on any atom is -0.389 e. The molecular weight excluding hydrogens is 238 g/mol. The predicted octanol–water partition coefficient (Wildman–Crippen LogP) is 2.80. The Kier molecular flexibility index (Phi) is 5.55. The van der Waals surface area contributed by atoms with E-state index in [1.807, 2.05) is 44.2 Å². The number of aliphatic hydroxyl groups is 1. The van der Waals surface area contributed by atoms with Crippen LogP contribution in [0.5, 0.6) is 0 Å². The second-order valence-electron chi connectivity index (χ2n) is 5.54. The zero-order valence-corrected chi connectivity index (χ0v) is 12.4. The summed E-state index contributed by atoms with van der Waals surface area (Å²) >= 11 is 0. The third-order valence-electron chi connectivity index (χ3n) is 3.18. The van der Waals surface area contributed by atoms with Gasteiger partial charge in [-0.1, -0.05) is 37.3 Å². The molecule has 3 nitrogen and oxygen atoms in total. The van der Waals surface area contributed by atoms with Crippen molar-refractivity contribution in [3.05, 3.63) is 35.9 Å². The molecule has 0 bridgehead atoms. The average Bonchev–Trinajstić information content (AvgIpc) is 2.37. The molecule has 0 fully saturated rings. The molecule has 0 saturated carbocycles. The molecule has 3 heteroatoms. The first-order valence-electron chi connectivity index (χ1n) is 6.95. The third kappa shape index (κ3) is 4.67. The summed E-state index contributed by atoms with van der Waals surface area (Å²) < 4.78 is 0. The van der Waals surface area contributed by atoms with Crippen LogP contribution in [0.1, 0.15) is 45.6 Å². The maximum absolute atomic E-state index is 12.6.